The first-order valence-corrected chi connectivity index (χ1v) is 17.4. The molecule has 8 aromatic rings. The van der Waals surface area contributed by atoms with Gasteiger partial charge in [-0.15, -0.1) is 0 Å². The summed E-state index contributed by atoms with van der Waals surface area (Å²) in [5, 5.41) is 14.9. The largest absolute Gasteiger partial charge is 0.508 e. The molecule has 0 radical (unpaired) electrons. The first kappa shape index (κ1) is 31.2. The Kier molecular flexibility index (Phi) is 6.77. The molecule has 2 heterocycles. The smallest absolute Gasteiger partial charge is 0.265 e. The molecule has 0 saturated heterocycles. The Hall–Kier alpha value is -7.58. The van der Waals surface area contributed by atoms with Crippen molar-refractivity contribution in [1.29, 1.82) is 0 Å². The van der Waals surface area contributed by atoms with Crippen LogP contribution < -0.4 is 14.7 Å². The van der Waals surface area contributed by atoms with Gasteiger partial charge in [0.2, 0.25) is 0 Å². The fourth-order valence-corrected chi connectivity index (χ4v) is 7.94. The summed E-state index contributed by atoms with van der Waals surface area (Å²) in [6, 6.07) is 48.2. The van der Waals surface area contributed by atoms with E-state index < -0.39 is 23.6 Å². The summed E-state index contributed by atoms with van der Waals surface area (Å²) in [6.45, 7) is 0. The molecule has 54 heavy (non-hydrogen) atoms. The molecule has 0 fully saturated rings. The highest BCUT2D eigenvalue weighted by molar-refractivity contribution is 6.42. The third-order valence-electron chi connectivity index (χ3n) is 10.3. The quantitative estimate of drug-likeness (QED) is 0.142. The fraction of sp³-hybridized carbons (Fsp3) is 0. The van der Waals surface area contributed by atoms with Gasteiger partial charge in [-0.25, -0.2) is 9.80 Å². The standard InChI is InChI=1S/C46H27N3O5/c50-33-14-8-13-32(26-33)49-45(53)38-23-21-36-40-37(22-24-39(41(38)40)46(49)54)44(52)48(43(36)51)31-19-17-30(18-20-31)47(29-11-2-1-3-12-29)42-34-15-6-4-9-27(34)25-28-10-5-7-16-35(28)42/h1-26,50H. The topological polar surface area (TPSA) is 98.2 Å². The average molecular weight is 702 g/mol. The average Bonchev–Trinajstić information content (AvgIpc) is 3.20. The van der Waals surface area contributed by atoms with Crippen LogP contribution in [0.2, 0.25) is 0 Å². The van der Waals surface area contributed by atoms with E-state index in [0.29, 0.717) is 5.69 Å². The minimum Gasteiger partial charge on any atom is -0.508 e. The number of phenolic OH excluding ortho intramolecular Hbond substituents is 1. The molecule has 1 N–H and O–H groups in total. The maximum absolute atomic E-state index is 14.3. The highest BCUT2D eigenvalue weighted by Gasteiger charge is 2.40. The maximum atomic E-state index is 14.3. The zero-order valence-electron chi connectivity index (χ0n) is 28.4. The lowest BCUT2D eigenvalue weighted by Gasteiger charge is -2.32. The van der Waals surface area contributed by atoms with E-state index in [2.05, 4.69) is 47.4 Å². The van der Waals surface area contributed by atoms with Crippen molar-refractivity contribution in [2.75, 3.05) is 14.7 Å². The van der Waals surface area contributed by atoms with Crippen LogP contribution in [0.1, 0.15) is 41.4 Å². The molecule has 8 heteroatoms. The Morgan fingerprint density at radius 2 is 0.870 bits per heavy atom. The van der Waals surface area contributed by atoms with Crippen LogP contribution in [0.5, 0.6) is 5.75 Å². The number of anilines is 5. The summed E-state index contributed by atoms with van der Waals surface area (Å²) >= 11 is 0. The number of imide groups is 2. The molecular weight excluding hydrogens is 675 g/mol. The van der Waals surface area contributed by atoms with Crippen LogP contribution in [0, 0.1) is 0 Å². The van der Waals surface area contributed by atoms with Crippen molar-refractivity contribution in [1.82, 2.24) is 0 Å². The van der Waals surface area contributed by atoms with Crippen LogP contribution in [-0.2, 0) is 0 Å². The zero-order valence-corrected chi connectivity index (χ0v) is 28.4. The molecule has 0 bridgehead atoms. The van der Waals surface area contributed by atoms with Gasteiger partial charge < -0.3 is 10.0 Å². The molecule has 2 aliphatic heterocycles. The predicted molar refractivity (Wildman–Crippen MR) is 210 cm³/mol. The van der Waals surface area contributed by atoms with Crippen molar-refractivity contribution < 1.29 is 24.3 Å². The van der Waals surface area contributed by atoms with Gasteiger partial charge in [0.1, 0.15) is 5.75 Å². The second-order valence-corrected chi connectivity index (χ2v) is 13.3. The van der Waals surface area contributed by atoms with Crippen LogP contribution in [0.3, 0.4) is 0 Å². The molecule has 8 nitrogen and oxygen atoms in total. The third-order valence-corrected chi connectivity index (χ3v) is 10.3. The van der Waals surface area contributed by atoms with E-state index in [9.17, 15) is 24.3 Å². The number of hydrogen-bond donors (Lipinski definition) is 1. The van der Waals surface area contributed by atoms with E-state index in [1.165, 1.54) is 36.4 Å². The van der Waals surface area contributed by atoms with E-state index in [0.717, 1.165) is 48.4 Å². The number of benzene rings is 8. The molecule has 4 amide bonds. The van der Waals surface area contributed by atoms with Crippen molar-refractivity contribution in [2.45, 2.75) is 0 Å². The number of aromatic hydroxyl groups is 1. The molecule has 0 saturated carbocycles. The number of nitrogens with zero attached hydrogens (tertiary/aromatic N) is 3. The van der Waals surface area contributed by atoms with Crippen molar-refractivity contribution >= 4 is 84.4 Å². The first-order valence-electron chi connectivity index (χ1n) is 17.4. The van der Waals surface area contributed by atoms with Crippen LogP contribution in [-0.4, -0.2) is 28.7 Å². The second kappa shape index (κ2) is 11.7. The van der Waals surface area contributed by atoms with E-state index in [-0.39, 0.29) is 44.5 Å². The summed E-state index contributed by atoms with van der Waals surface area (Å²) in [6.07, 6.45) is 0. The summed E-state index contributed by atoms with van der Waals surface area (Å²) in [5.41, 5.74) is 4.18. The summed E-state index contributed by atoms with van der Waals surface area (Å²) in [5.74, 6) is -2.43. The highest BCUT2D eigenvalue weighted by atomic mass is 16.3. The van der Waals surface area contributed by atoms with Crippen LogP contribution in [0.15, 0.2) is 158 Å². The normalized spacial score (nSPS) is 13.7. The Balaban J connectivity index is 1.07. The molecule has 0 atom stereocenters. The number of amides is 4. The number of hydrogen-bond acceptors (Lipinski definition) is 6. The van der Waals surface area contributed by atoms with Crippen molar-refractivity contribution in [3.05, 3.63) is 180 Å². The molecule has 0 aliphatic carbocycles. The lowest BCUT2D eigenvalue weighted by molar-refractivity contribution is 0.0873. The lowest BCUT2D eigenvalue weighted by Crippen LogP contribution is -2.43. The van der Waals surface area contributed by atoms with E-state index >= 15 is 0 Å². The molecule has 2 aliphatic rings. The summed E-state index contributed by atoms with van der Waals surface area (Å²) in [4.78, 5) is 60.4. The minimum atomic E-state index is -0.610. The maximum Gasteiger partial charge on any atom is 0.265 e. The van der Waals surface area contributed by atoms with Gasteiger partial charge >= 0.3 is 0 Å². The number of phenols is 1. The van der Waals surface area contributed by atoms with Gasteiger partial charge in [-0.05, 0) is 89.6 Å². The number of carbonyl (C=O) groups excluding carboxylic acids is 4. The van der Waals surface area contributed by atoms with E-state index in [1.807, 2.05) is 54.6 Å². The predicted octanol–water partition coefficient (Wildman–Crippen LogP) is 9.92. The van der Waals surface area contributed by atoms with Gasteiger partial charge in [0.15, 0.2) is 0 Å². The Bertz CT molecular complexity index is 2810. The second-order valence-electron chi connectivity index (χ2n) is 13.3. The third kappa shape index (κ3) is 4.50. The van der Waals surface area contributed by atoms with Gasteiger partial charge in [-0.3, -0.25) is 19.2 Å². The molecule has 0 aromatic heterocycles. The first-order chi connectivity index (χ1) is 26.4. The van der Waals surface area contributed by atoms with Crippen molar-refractivity contribution in [3.63, 3.8) is 0 Å². The van der Waals surface area contributed by atoms with Gasteiger partial charge in [-0.2, -0.15) is 0 Å². The van der Waals surface area contributed by atoms with E-state index in [4.69, 9.17) is 0 Å². The van der Waals surface area contributed by atoms with Crippen molar-refractivity contribution in [2.24, 2.45) is 0 Å². The monoisotopic (exact) mass is 701 g/mol. The number of para-hydroxylation sites is 1. The zero-order chi connectivity index (χ0) is 36.7. The van der Waals surface area contributed by atoms with Crippen LogP contribution in [0.25, 0.3) is 32.3 Å². The Morgan fingerprint density at radius 3 is 1.39 bits per heavy atom. The number of rotatable bonds is 5. The lowest BCUT2D eigenvalue weighted by atomic mass is 9.85. The number of carbonyl (C=O) groups is 4. The molecule has 8 aromatic carbocycles. The molecule has 0 spiro atoms. The number of fused-ring (bicyclic) bond motifs is 2. The summed E-state index contributed by atoms with van der Waals surface area (Å²) < 4.78 is 0. The molecular formula is C46H27N3O5. The Morgan fingerprint density at radius 1 is 0.407 bits per heavy atom. The fourth-order valence-electron chi connectivity index (χ4n) is 7.94. The van der Waals surface area contributed by atoms with Gasteiger partial charge in [0.25, 0.3) is 23.6 Å². The highest BCUT2D eigenvalue weighted by Crippen LogP contribution is 2.45. The Labute approximate surface area is 308 Å². The van der Waals surface area contributed by atoms with Gasteiger partial charge in [-0.1, -0.05) is 72.8 Å². The molecule has 10 rings (SSSR count). The van der Waals surface area contributed by atoms with Crippen LogP contribution in [0.4, 0.5) is 28.4 Å². The van der Waals surface area contributed by atoms with Crippen LogP contribution >= 0.6 is 0 Å². The summed E-state index contributed by atoms with van der Waals surface area (Å²) in [7, 11) is 0. The molecule has 256 valence electrons. The van der Waals surface area contributed by atoms with E-state index in [1.54, 1.807) is 24.3 Å². The van der Waals surface area contributed by atoms with Crippen molar-refractivity contribution in [3.8, 4) is 5.75 Å². The van der Waals surface area contributed by atoms with Gasteiger partial charge in [0, 0.05) is 61.2 Å². The SMILES string of the molecule is O=C1c2ccc3c4c(ccc(c24)C(=O)N1c1ccc(N(c2ccccc2)c2c4ccccc4cc4ccccc24)cc1)C(=O)N(c1cccc(O)c1)C3=O. The minimum absolute atomic E-state index is 0.0942. The van der Waals surface area contributed by atoms with Gasteiger partial charge in [0.05, 0.1) is 17.1 Å². The molecule has 0 unspecified atom stereocenters.